The van der Waals surface area contributed by atoms with Crippen LogP contribution in [0.15, 0.2) is 53.5 Å². The van der Waals surface area contributed by atoms with Gasteiger partial charge in [0.15, 0.2) is 0 Å². The second-order valence-electron chi connectivity index (χ2n) is 6.43. The molecular formula is C20H16FN5O3S. The number of nitrogens with zero attached hydrogens (tertiary/aromatic N) is 3. The second kappa shape index (κ2) is 7.91. The zero-order chi connectivity index (χ0) is 21.3. The lowest BCUT2D eigenvalue weighted by atomic mass is 10.2. The summed E-state index contributed by atoms with van der Waals surface area (Å²) in [6.45, 7) is 1.64. The van der Waals surface area contributed by atoms with E-state index in [9.17, 15) is 14.0 Å². The number of aromatic nitrogens is 3. The number of anilines is 2. The van der Waals surface area contributed by atoms with E-state index < -0.39 is 17.6 Å². The Morgan fingerprint density at radius 1 is 1.17 bits per heavy atom. The summed E-state index contributed by atoms with van der Waals surface area (Å²) in [5, 5.41) is 9.93. The molecule has 0 unspecified atom stereocenters. The van der Waals surface area contributed by atoms with Gasteiger partial charge in [-0.3, -0.25) is 14.3 Å². The summed E-state index contributed by atoms with van der Waals surface area (Å²) in [6.07, 6.45) is 6.32. The minimum absolute atomic E-state index is 0.0567. The van der Waals surface area contributed by atoms with E-state index in [0.717, 1.165) is 5.56 Å². The molecule has 3 aromatic heterocycles. The van der Waals surface area contributed by atoms with Crippen LogP contribution in [-0.4, -0.2) is 26.6 Å². The number of hydrogen-bond acceptors (Lipinski definition) is 6. The zero-order valence-corrected chi connectivity index (χ0v) is 16.8. The van der Waals surface area contributed by atoms with Gasteiger partial charge in [0.2, 0.25) is 0 Å². The maximum Gasteiger partial charge on any atom is 0.267 e. The van der Waals surface area contributed by atoms with Crippen molar-refractivity contribution in [3.63, 3.8) is 0 Å². The van der Waals surface area contributed by atoms with Crippen molar-refractivity contribution >= 4 is 34.5 Å². The highest BCUT2D eigenvalue weighted by Crippen LogP contribution is 2.26. The molecule has 0 radical (unpaired) electrons. The Bertz CT molecular complexity index is 1240. The summed E-state index contributed by atoms with van der Waals surface area (Å²) in [4.78, 5) is 29.5. The molecule has 2 N–H and O–H groups in total. The van der Waals surface area contributed by atoms with E-state index in [1.807, 2.05) is 0 Å². The number of nitrogens with one attached hydrogen (secondary N) is 2. The first kappa shape index (κ1) is 19.5. The number of aryl methyl sites for hydroxylation is 2. The standard InChI is InChI=1S/C20H16FN5O3S/c1-11-14(5-6-29-11)18(27)25-16-7-13(3-4-15(16)21)24-19(28)17-9-22-20(30-17)12-8-23-26(2)10-12/h3-10H,1-2H3,(H,24,28)(H,25,27). The maximum atomic E-state index is 14.2. The second-order valence-corrected chi connectivity index (χ2v) is 7.46. The Hall–Kier alpha value is -3.79. The predicted molar refractivity (Wildman–Crippen MR) is 110 cm³/mol. The molecule has 10 heteroatoms. The van der Waals surface area contributed by atoms with Gasteiger partial charge >= 0.3 is 0 Å². The Kier molecular flexibility index (Phi) is 5.15. The molecule has 0 atom stereocenters. The summed E-state index contributed by atoms with van der Waals surface area (Å²) >= 11 is 1.21. The number of carbonyl (C=O) groups excluding carboxylic acids is 2. The van der Waals surface area contributed by atoms with Gasteiger partial charge in [0.05, 0.1) is 29.9 Å². The van der Waals surface area contributed by atoms with Gasteiger partial charge in [-0.15, -0.1) is 11.3 Å². The Morgan fingerprint density at radius 2 is 2.00 bits per heavy atom. The number of rotatable bonds is 5. The third-order valence-corrected chi connectivity index (χ3v) is 5.30. The third kappa shape index (κ3) is 3.98. The van der Waals surface area contributed by atoms with Crippen molar-refractivity contribution < 1.29 is 18.4 Å². The number of carbonyl (C=O) groups is 2. The van der Waals surface area contributed by atoms with Crippen LogP contribution in [0.5, 0.6) is 0 Å². The quantitative estimate of drug-likeness (QED) is 0.501. The molecule has 0 aliphatic heterocycles. The first-order valence-corrected chi connectivity index (χ1v) is 9.63. The van der Waals surface area contributed by atoms with Crippen LogP contribution in [0.4, 0.5) is 15.8 Å². The largest absolute Gasteiger partial charge is 0.469 e. The van der Waals surface area contributed by atoms with E-state index in [4.69, 9.17) is 4.42 Å². The molecular weight excluding hydrogens is 409 g/mol. The highest BCUT2D eigenvalue weighted by Gasteiger charge is 2.16. The van der Waals surface area contributed by atoms with Crippen molar-refractivity contribution in [2.24, 2.45) is 7.05 Å². The van der Waals surface area contributed by atoms with Crippen molar-refractivity contribution in [1.82, 2.24) is 14.8 Å². The topological polar surface area (TPSA) is 102 Å². The average molecular weight is 425 g/mol. The van der Waals surface area contributed by atoms with E-state index in [2.05, 4.69) is 20.7 Å². The van der Waals surface area contributed by atoms with Crippen LogP contribution in [0.2, 0.25) is 0 Å². The van der Waals surface area contributed by atoms with Crippen LogP contribution in [-0.2, 0) is 7.05 Å². The van der Waals surface area contributed by atoms with Gasteiger partial charge < -0.3 is 15.1 Å². The van der Waals surface area contributed by atoms with Crippen molar-refractivity contribution in [2.45, 2.75) is 6.92 Å². The summed E-state index contributed by atoms with van der Waals surface area (Å²) in [5.74, 6) is -1.10. The lowest BCUT2D eigenvalue weighted by Gasteiger charge is -2.09. The molecule has 1 aromatic carbocycles. The van der Waals surface area contributed by atoms with Crippen molar-refractivity contribution in [3.8, 4) is 10.6 Å². The fraction of sp³-hybridized carbons (Fsp3) is 0.100. The summed E-state index contributed by atoms with van der Waals surface area (Å²) in [6, 6.07) is 5.43. The van der Waals surface area contributed by atoms with Crippen LogP contribution in [0.1, 0.15) is 25.8 Å². The van der Waals surface area contributed by atoms with E-state index in [0.29, 0.717) is 26.9 Å². The van der Waals surface area contributed by atoms with Crippen molar-refractivity contribution in [3.05, 3.63) is 71.1 Å². The van der Waals surface area contributed by atoms with Gasteiger partial charge in [-0.05, 0) is 31.2 Å². The SMILES string of the molecule is Cc1occc1C(=O)Nc1cc(NC(=O)c2cnc(-c3cnn(C)c3)s2)ccc1F. The maximum absolute atomic E-state index is 14.2. The summed E-state index contributed by atoms with van der Waals surface area (Å²) in [7, 11) is 1.80. The fourth-order valence-corrected chi connectivity index (χ4v) is 3.53. The first-order valence-electron chi connectivity index (χ1n) is 8.82. The number of amides is 2. The number of benzene rings is 1. The minimum atomic E-state index is -0.626. The van der Waals surface area contributed by atoms with E-state index in [1.165, 1.54) is 48.1 Å². The molecule has 8 nitrogen and oxygen atoms in total. The van der Waals surface area contributed by atoms with Crippen LogP contribution < -0.4 is 10.6 Å². The minimum Gasteiger partial charge on any atom is -0.469 e. The van der Waals surface area contributed by atoms with E-state index in [1.54, 1.807) is 31.0 Å². The summed E-state index contributed by atoms with van der Waals surface area (Å²) < 4.78 is 20.9. The molecule has 3 heterocycles. The molecule has 4 rings (SSSR count). The molecule has 2 amide bonds. The summed E-state index contributed by atoms with van der Waals surface area (Å²) in [5.41, 5.74) is 1.38. The highest BCUT2D eigenvalue weighted by molar-refractivity contribution is 7.17. The lowest BCUT2D eigenvalue weighted by Crippen LogP contribution is -2.14. The Morgan fingerprint density at radius 3 is 2.70 bits per heavy atom. The Labute approximate surface area is 174 Å². The van der Waals surface area contributed by atoms with Gasteiger partial charge in [-0.1, -0.05) is 0 Å². The number of thiazole rings is 1. The molecule has 0 aliphatic carbocycles. The normalized spacial score (nSPS) is 10.8. The Balaban J connectivity index is 1.49. The van der Waals surface area contributed by atoms with Gasteiger partial charge in [0.25, 0.3) is 11.8 Å². The molecule has 0 saturated heterocycles. The smallest absolute Gasteiger partial charge is 0.267 e. The van der Waals surface area contributed by atoms with Crippen molar-refractivity contribution in [1.29, 1.82) is 0 Å². The monoisotopic (exact) mass is 425 g/mol. The number of furan rings is 1. The van der Waals surface area contributed by atoms with E-state index >= 15 is 0 Å². The first-order chi connectivity index (χ1) is 14.4. The third-order valence-electron chi connectivity index (χ3n) is 4.26. The molecule has 30 heavy (non-hydrogen) atoms. The van der Waals surface area contributed by atoms with Crippen LogP contribution in [0.25, 0.3) is 10.6 Å². The van der Waals surface area contributed by atoms with Gasteiger partial charge in [0, 0.05) is 24.5 Å². The highest BCUT2D eigenvalue weighted by atomic mass is 32.1. The molecule has 0 saturated carbocycles. The molecule has 0 spiro atoms. The molecule has 4 aromatic rings. The van der Waals surface area contributed by atoms with Crippen LogP contribution >= 0.6 is 11.3 Å². The van der Waals surface area contributed by atoms with Crippen LogP contribution in [0, 0.1) is 12.7 Å². The zero-order valence-electron chi connectivity index (χ0n) is 16.0. The molecule has 0 aliphatic rings. The number of halogens is 1. The van der Waals surface area contributed by atoms with Gasteiger partial charge in [-0.2, -0.15) is 5.10 Å². The number of hydrogen-bond donors (Lipinski definition) is 2. The van der Waals surface area contributed by atoms with Gasteiger partial charge in [0.1, 0.15) is 21.5 Å². The van der Waals surface area contributed by atoms with E-state index in [-0.39, 0.29) is 5.69 Å². The molecule has 152 valence electrons. The van der Waals surface area contributed by atoms with Crippen molar-refractivity contribution in [2.75, 3.05) is 10.6 Å². The fourth-order valence-electron chi connectivity index (χ4n) is 2.75. The molecule has 0 fully saturated rings. The molecule has 0 bridgehead atoms. The van der Waals surface area contributed by atoms with Crippen LogP contribution in [0.3, 0.4) is 0 Å². The van der Waals surface area contributed by atoms with Gasteiger partial charge in [-0.25, -0.2) is 9.37 Å². The lowest BCUT2D eigenvalue weighted by molar-refractivity contribution is 0.101. The average Bonchev–Trinajstić information content (AvgIpc) is 3.45. The predicted octanol–water partition coefficient (Wildman–Crippen LogP) is 4.09.